The smallest absolute Gasteiger partial charge is 0.462 e. The molecule has 3 amide bonds. The number of hydrogen-bond donors (Lipinski definition) is 6. The zero-order valence-electron chi connectivity index (χ0n) is 45.6. The van der Waals surface area contributed by atoms with Crippen LogP contribution in [0.15, 0.2) is 24.3 Å². The molecule has 0 aliphatic carbocycles. The zero-order chi connectivity index (χ0) is 53.7. The van der Waals surface area contributed by atoms with E-state index in [-0.39, 0.29) is 70.1 Å². The van der Waals surface area contributed by atoms with Crippen molar-refractivity contribution in [3.63, 3.8) is 0 Å². The first-order valence-corrected chi connectivity index (χ1v) is 30.6. The summed E-state index contributed by atoms with van der Waals surface area (Å²) in [4.78, 5) is 71.8. The van der Waals surface area contributed by atoms with Gasteiger partial charge in [0.15, 0.2) is 6.10 Å². The number of carbonyl (C=O) groups excluding carboxylic acids is 5. The topological polar surface area (TPSA) is 231 Å². The molecule has 0 bridgehead atoms. The quantitative estimate of drug-likeness (QED) is 0.00832. The van der Waals surface area contributed by atoms with Gasteiger partial charge in [0.05, 0.1) is 19.3 Å². The van der Waals surface area contributed by atoms with Crippen LogP contribution < -0.4 is 21.7 Å². The summed E-state index contributed by atoms with van der Waals surface area (Å²) in [6, 6.07) is -0.706. The minimum absolute atomic E-state index is 0.0574. The van der Waals surface area contributed by atoms with Crippen LogP contribution in [0.5, 0.6) is 0 Å². The second-order valence-electron chi connectivity index (χ2n) is 19.0. The van der Waals surface area contributed by atoms with Crippen LogP contribution >= 0.6 is 20.5 Å². The van der Waals surface area contributed by atoms with Gasteiger partial charge in [-0.1, -0.05) is 141 Å². The normalized spacial score (nSPS) is 13.2. The van der Waals surface area contributed by atoms with Crippen LogP contribution in [0.2, 0.25) is 0 Å². The van der Waals surface area contributed by atoms with Crippen molar-refractivity contribution in [2.24, 2.45) is 5.73 Å². The number of thiol groups is 1. The predicted octanol–water partition coefficient (Wildman–Crippen LogP) is 11.6. The van der Waals surface area contributed by atoms with E-state index in [9.17, 15) is 33.4 Å². The molecule has 426 valence electrons. The third kappa shape index (κ3) is 51.1. The summed E-state index contributed by atoms with van der Waals surface area (Å²) in [5.41, 5.74) is 5.93. The number of carbonyl (C=O) groups is 5. The Bertz CT molecular complexity index is 1480. The van der Waals surface area contributed by atoms with Crippen LogP contribution in [-0.4, -0.2) is 98.7 Å². The highest BCUT2D eigenvalue weighted by Gasteiger charge is 2.26. The number of esters is 2. The van der Waals surface area contributed by atoms with Crippen LogP contribution in [0.3, 0.4) is 0 Å². The Morgan fingerprint density at radius 2 is 1.04 bits per heavy atom. The van der Waals surface area contributed by atoms with Crippen molar-refractivity contribution in [2.75, 3.05) is 52.0 Å². The minimum Gasteiger partial charge on any atom is -0.462 e. The Morgan fingerprint density at radius 1 is 0.548 bits per heavy atom. The van der Waals surface area contributed by atoms with E-state index in [1.165, 1.54) is 77.0 Å². The van der Waals surface area contributed by atoms with E-state index in [1.54, 1.807) is 0 Å². The number of unbranched alkanes of at least 4 members (excludes halogenated alkanes) is 23. The third-order valence-electron chi connectivity index (χ3n) is 12.1. The maximum Gasteiger partial charge on any atom is 0.472 e. The number of nitrogens with one attached hydrogen (secondary N) is 3. The van der Waals surface area contributed by atoms with Crippen LogP contribution in [-0.2, 0) is 51.8 Å². The van der Waals surface area contributed by atoms with E-state index in [0.717, 1.165) is 77.0 Å². The average molecular weight is 1080 g/mol. The van der Waals surface area contributed by atoms with Gasteiger partial charge in [0, 0.05) is 45.4 Å². The Labute approximate surface area is 447 Å². The summed E-state index contributed by atoms with van der Waals surface area (Å²) in [5, 5.41) is 7.97. The Morgan fingerprint density at radius 3 is 1.59 bits per heavy atom. The molecule has 0 saturated heterocycles. The summed E-state index contributed by atoms with van der Waals surface area (Å²) >= 11 is 4.02. The predicted molar refractivity (Wildman–Crippen MR) is 296 cm³/mol. The number of hydrogen-bond acceptors (Lipinski definition) is 13. The fourth-order valence-corrected chi connectivity index (χ4v) is 8.61. The highest BCUT2D eigenvalue weighted by molar-refractivity contribution is 7.80. The molecule has 0 fully saturated rings. The molecule has 0 aromatic rings. The molecule has 6 N–H and O–H groups in total. The molecule has 73 heavy (non-hydrogen) atoms. The van der Waals surface area contributed by atoms with Crippen LogP contribution in [0, 0.1) is 0 Å². The van der Waals surface area contributed by atoms with E-state index in [4.69, 9.17) is 29.0 Å². The lowest BCUT2D eigenvalue weighted by atomic mass is 10.1. The van der Waals surface area contributed by atoms with Crippen LogP contribution in [0.25, 0.3) is 0 Å². The van der Waals surface area contributed by atoms with Gasteiger partial charge < -0.3 is 40.8 Å². The summed E-state index contributed by atoms with van der Waals surface area (Å²) in [5.74, 6) is -1.22. The molecule has 3 atom stereocenters. The number of nitrogens with two attached hydrogens (primary N) is 1. The minimum atomic E-state index is -4.64. The highest BCUT2D eigenvalue weighted by Crippen LogP contribution is 2.43. The number of phosphoric ester groups is 1. The number of phosphoric acid groups is 1. The molecule has 0 heterocycles. The highest BCUT2D eigenvalue weighted by atomic mass is 32.1. The number of rotatable bonds is 54. The van der Waals surface area contributed by atoms with Gasteiger partial charge in [-0.15, -0.1) is 0 Å². The summed E-state index contributed by atoms with van der Waals surface area (Å²) in [7, 11) is -4.64. The van der Waals surface area contributed by atoms with Crippen molar-refractivity contribution in [2.45, 2.75) is 244 Å². The molecule has 0 saturated carbocycles. The largest absolute Gasteiger partial charge is 0.472 e. The van der Waals surface area contributed by atoms with Crippen molar-refractivity contribution in [1.29, 1.82) is 0 Å². The molecule has 3 unspecified atom stereocenters. The fourth-order valence-electron chi connectivity index (χ4n) is 7.65. The van der Waals surface area contributed by atoms with Crippen molar-refractivity contribution in [3.05, 3.63) is 24.3 Å². The van der Waals surface area contributed by atoms with Crippen LogP contribution in [0.1, 0.15) is 232 Å². The summed E-state index contributed by atoms with van der Waals surface area (Å²) < 4.78 is 39.3. The third-order valence-corrected chi connectivity index (χ3v) is 13.3. The van der Waals surface area contributed by atoms with Crippen molar-refractivity contribution in [1.82, 2.24) is 16.0 Å². The maximum absolute atomic E-state index is 12.8. The lowest BCUT2D eigenvalue weighted by molar-refractivity contribution is -0.161. The SMILES string of the molecule is CCCCCCCC/C=C/CCCCCCCC(=O)OCC(COP(=O)(O)OCCNC(=O)CCCOCNC(=O)C(N)CCCCNC(=O)CCS)OC(=O)CCCCCCC/C=C/CCCCCCCC. The van der Waals surface area contributed by atoms with Gasteiger partial charge in [-0.25, -0.2) is 4.57 Å². The van der Waals surface area contributed by atoms with E-state index in [1.807, 2.05) is 0 Å². The lowest BCUT2D eigenvalue weighted by Gasteiger charge is -2.20. The number of ether oxygens (including phenoxy) is 3. The first-order valence-electron chi connectivity index (χ1n) is 28.5. The molecule has 0 radical (unpaired) electrons. The number of allylic oxidation sites excluding steroid dienone is 4. The maximum atomic E-state index is 12.8. The first-order chi connectivity index (χ1) is 35.4. The molecule has 0 aliphatic rings. The second-order valence-corrected chi connectivity index (χ2v) is 20.9. The summed E-state index contributed by atoms with van der Waals surface area (Å²) in [6.45, 7) is 3.84. The average Bonchev–Trinajstić information content (AvgIpc) is 3.36. The van der Waals surface area contributed by atoms with E-state index < -0.39 is 38.5 Å². The molecule has 18 heteroatoms. The van der Waals surface area contributed by atoms with Crippen molar-refractivity contribution >= 4 is 50.1 Å². The van der Waals surface area contributed by atoms with Gasteiger partial charge in [-0.05, 0) is 95.6 Å². The lowest BCUT2D eigenvalue weighted by Crippen LogP contribution is -2.41. The molecule has 0 aromatic heterocycles. The van der Waals surface area contributed by atoms with Crippen LogP contribution in [0.4, 0.5) is 0 Å². The molecule has 0 aliphatic heterocycles. The number of amides is 3. The molecule has 16 nitrogen and oxygen atoms in total. The molecule has 0 spiro atoms. The van der Waals surface area contributed by atoms with E-state index >= 15 is 0 Å². The molecular weight excluding hydrogens is 972 g/mol. The second kappa shape index (κ2) is 52.6. The van der Waals surface area contributed by atoms with Crippen molar-refractivity contribution in [3.8, 4) is 0 Å². The standard InChI is InChI=1S/C55H103N4O12PS/c1-3-5-7-9-11-13-15-17-19-21-23-25-27-29-31-38-53(62)68-46-49(71-54(63)39-32-30-28-26-24-22-20-18-16-14-12-10-8-6-4-2)47-70-72(65,66)69-44-42-58-51(60)37-35-43-67-48-59-55(64)50(56)36-33-34-41-57-52(61)40-45-73/h17-20,49-50,73H,3-16,21-48,56H2,1-2H3,(H,57,61)(H,58,60)(H,59,64)(H,65,66)/b19-17+,20-18+. The zero-order valence-corrected chi connectivity index (χ0v) is 47.4. The Balaban J connectivity index is 4.60. The van der Waals surface area contributed by atoms with Gasteiger partial charge in [-0.3, -0.25) is 33.0 Å². The molecular formula is C55H103N4O12PS. The monoisotopic (exact) mass is 1070 g/mol. The first kappa shape index (κ1) is 70.2. The molecule has 0 rings (SSSR count). The van der Waals surface area contributed by atoms with Gasteiger partial charge >= 0.3 is 19.8 Å². The van der Waals surface area contributed by atoms with E-state index in [2.05, 4.69) is 66.7 Å². The van der Waals surface area contributed by atoms with Gasteiger partial charge in [0.2, 0.25) is 17.7 Å². The fraction of sp³-hybridized carbons (Fsp3) is 0.836. The van der Waals surface area contributed by atoms with Crippen molar-refractivity contribution < 1.29 is 56.7 Å². The van der Waals surface area contributed by atoms with Gasteiger partial charge in [-0.2, -0.15) is 12.6 Å². The Kier molecular flexibility index (Phi) is 50.6. The van der Waals surface area contributed by atoms with E-state index in [0.29, 0.717) is 57.2 Å². The Hall–Kier alpha value is -2.79. The molecule has 0 aromatic carbocycles. The van der Waals surface area contributed by atoms with Gasteiger partial charge in [0.1, 0.15) is 13.3 Å². The van der Waals surface area contributed by atoms with Gasteiger partial charge in [0.25, 0.3) is 0 Å². The summed E-state index contributed by atoms with van der Waals surface area (Å²) in [6.07, 6.45) is 40.7.